The van der Waals surface area contributed by atoms with E-state index in [0.29, 0.717) is 12.3 Å². The summed E-state index contributed by atoms with van der Waals surface area (Å²) in [6.07, 6.45) is 4.88. The van der Waals surface area contributed by atoms with Crippen molar-refractivity contribution >= 4 is 11.3 Å². The number of hydrogen-bond donors (Lipinski definition) is 1. The molecule has 1 fully saturated rings. The van der Waals surface area contributed by atoms with E-state index in [1.54, 1.807) is 17.4 Å². The summed E-state index contributed by atoms with van der Waals surface area (Å²) in [7, 11) is 0. The van der Waals surface area contributed by atoms with Crippen molar-refractivity contribution in [3.63, 3.8) is 0 Å². The largest absolute Gasteiger partial charge is 0.317 e. The number of nitrogens with zero attached hydrogens (tertiary/aromatic N) is 1. The van der Waals surface area contributed by atoms with E-state index >= 15 is 0 Å². The third-order valence-corrected chi connectivity index (χ3v) is 4.74. The molecule has 1 aromatic heterocycles. The average Bonchev–Trinajstić information content (AvgIpc) is 2.91. The molecule has 0 bridgehead atoms. The third-order valence-electron chi connectivity index (χ3n) is 3.58. The molecule has 3 rings (SSSR count). The normalized spacial score (nSPS) is 16.7. The van der Waals surface area contributed by atoms with Gasteiger partial charge in [0.15, 0.2) is 0 Å². The summed E-state index contributed by atoms with van der Waals surface area (Å²) in [6.45, 7) is 2.15. The fraction of sp³-hybridized carbons (Fsp3) is 0.400. The van der Waals surface area contributed by atoms with Crippen LogP contribution in [0.2, 0.25) is 0 Å². The first-order chi connectivity index (χ1) is 9.33. The first kappa shape index (κ1) is 12.8. The number of halogens is 1. The molecule has 0 radical (unpaired) electrons. The second-order valence-corrected chi connectivity index (χ2v) is 6.10. The minimum absolute atomic E-state index is 0.126. The Labute approximate surface area is 116 Å². The van der Waals surface area contributed by atoms with Crippen LogP contribution in [0.3, 0.4) is 0 Å². The van der Waals surface area contributed by atoms with Crippen molar-refractivity contribution in [3.05, 3.63) is 51.7 Å². The highest BCUT2D eigenvalue weighted by Gasteiger charge is 2.18. The van der Waals surface area contributed by atoms with Crippen LogP contribution in [-0.2, 0) is 6.42 Å². The Morgan fingerprint density at radius 3 is 2.84 bits per heavy atom. The molecule has 0 aliphatic carbocycles. The second kappa shape index (κ2) is 5.80. The predicted octanol–water partition coefficient (Wildman–Crippen LogP) is 3.34. The van der Waals surface area contributed by atoms with E-state index in [4.69, 9.17) is 0 Å². The zero-order valence-electron chi connectivity index (χ0n) is 10.7. The second-order valence-electron chi connectivity index (χ2n) is 4.96. The molecule has 0 unspecified atom stereocenters. The average molecular weight is 276 g/mol. The van der Waals surface area contributed by atoms with Crippen LogP contribution in [0.25, 0.3) is 0 Å². The summed E-state index contributed by atoms with van der Waals surface area (Å²) < 4.78 is 13.6. The van der Waals surface area contributed by atoms with E-state index in [-0.39, 0.29) is 5.82 Å². The minimum atomic E-state index is -0.126. The summed E-state index contributed by atoms with van der Waals surface area (Å²) in [4.78, 5) is 5.69. The van der Waals surface area contributed by atoms with Gasteiger partial charge in [-0.2, -0.15) is 0 Å². The molecule has 1 aromatic carbocycles. The first-order valence-electron chi connectivity index (χ1n) is 6.71. The number of rotatable bonds is 3. The molecule has 0 atom stereocenters. The summed E-state index contributed by atoms with van der Waals surface area (Å²) in [5.41, 5.74) is 0.753. The molecule has 0 saturated carbocycles. The fourth-order valence-corrected chi connectivity index (χ4v) is 3.60. The zero-order chi connectivity index (χ0) is 13.1. The lowest BCUT2D eigenvalue weighted by atomic mass is 9.99. The highest BCUT2D eigenvalue weighted by Crippen LogP contribution is 2.29. The Morgan fingerprint density at radius 1 is 1.26 bits per heavy atom. The summed E-state index contributed by atoms with van der Waals surface area (Å²) in [5, 5.41) is 4.58. The number of nitrogens with one attached hydrogen (secondary N) is 1. The zero-order valence-corrected chi connectivity index (χ0v) is 11.5. The van der Waals surface area contributed by atoms with Gasteiger partial charge in [-0.05, 0) is 37.6 Å². The molecule has 1 aliphatic heterocycles. The molecule has 0 amide bonds. The molecule has 0 spiro atoms. The molecular formula is C15H17FN2S. The summed E-state index contributed by atoms with van der Waals surface area (Å²) in [6, 6.07) is 6.97. The maximum atomic E-state index is 13.6. The molecule has 4 heteroatoms. The monoisotopic (exact) mass is 276 g/mol. The van der Waals surface area contributed by atoms with Gasteiger partial charge in [0.1, 0.15) is 5.82 Å². The van der Waals surface area contributed by atoms with E-state index in [9.17, 15) is 4.39 Å². The predicted molar refractivity (Wildman–Crippen MR) is 76.2 cm³/mol. The number of piperidine rings is 1. The SMILES string of the molecule is Fc1ccccc1Cc1cnc(C2CCNCC2)s1. The van der Waals surface area contributed by atoms with E-state index < -0.39 is 0 Å². The Morgan fingerprint density at radius 2 is 2.05 bits per heavy atom. The van der Waals surface area contributed by atoms with Crippen molar-refractivity contribution in [1.82, 2.24) is 10.3 Å². The van der Waals surface area contributed by atoms with Crippen LogP contribution in [0.15, 0.2) is 30.5 Å². The van der Waals surface area contributed by atoms with Gasteiger partial charge < -0.3 is 5.32 Å². The quantitative estimate of drug-likeness (QED) is 0.930. The molecule has 1 saturated heterocycles. The minimum Gasteiger partial charge on any atom is -0.317 e. The Hall–Kier alpha value is -1.26. The van der Waals surface area contributed by atoms with Gasteiger partial charge in [0, 0.05) is 23.4 Å². The highest BCUT2D eigenvalue weighted by atomic mass is 32.1. The third kappa shape index (κ3) is 3.01. The number of aromatic nitrogens is 1. The van der Waals surface area contributed by atoms with Gasteiger partial charge in [0.2, 0.25) is 0 Å². The van der Waals surface area contributed by atoms with E-state index in [1.165, 1.54) is 11.1 Å². The Bertz CT molecular complexity index is 547. The maximum Gasteiger partial charge on any atom is 0.126 e. The van der Waals surface area contributed by atoms with Gasteiger partial charge in [-0.25, -0.2) is 9.37 Å². The number of thiazole rings is 1. The van der Waals surface area contributed by atoms with Gasteiger partial charge in [-0.15, -0.1) is 11.3 Å². The molecule has 19 heavy (non-hydrogen) atoms. The number of benzene rings is 1. The summed E-state index contributed by atoms with van der Waals surface area (Å²) >= 11 is 1.74. The molecule has 2 aromatic rings. The van der Waals surface area contributed by atoms with Gasteiger partial charge >= 0.3 is 0 Å². The smallest absolute Gasteiger partial charge is 0.126 e. The van der Waals surface area contributed by atoms with Crippen LogP contribution in [0.1, 0.15) is 34.2 Å². The lowest BCUT2D eigenvalue weighted by Gasteiger charge is -2.20. The Balaban J connectivity index is 1.73. The van der Waals surface area contributed by atoms with Gasteiger partial charge in [-0.1, -0.05) is 18.2 Å². The van der Waals surface area contributed by atoms with Gasteiger partial charge in [0.05, 0.1) is 5.01 Å². The molecule has 100 valence electrons. The Kier molecular flexibility index (Phi) is 3.89. The standard InChI is InChI=1S/C15H17FN2S/c16-14-4-2-1-3-12(14)9-13-10-18-15(19-13)11-5-7-17-8-6-11/h1-4,10-11,17H,5-9H2. The molecule has 2 nitrogen and oxygen atoms in total. The summed E-state index contributed by atoms with van der Waals surface area (Å²) in [5.74, 6) is 0.458. The van der Waals surface area contributed by atoms with Crippen molar-refractivity contribution in [1.29, 1.82) is 0 Å². The molecule has 1 N–H and O–H groups in total. The van der Waals surface area contributed by atoms with Crippen molar-refractivity contribution in [2.75, 3.05) is 13.1 Å². The highest BCUT2D eigenvalue weighted by molar-refractivity contribution is 7.11. The molecule has 2 heterocycles. The van der Waals surface area contributed by atoms with E-state index in [1.807, 2.05) is 18.3 Å². The van der Waals surface area contributed by atoms with Crippen molar-refractivity contribution in [2.45, 2.75) is 25.2 Å². The lowest BCUT2D eigenvalue weighted by molar-refractivity contribution is 0.459. The molecule has 1 aliphatic rings. The van der Waals surface area contributed by atoms with Crippen LogP contribution in [-0.4, -0.2) is 18.1 Å². The fourth-order valence-electron chi connectivity index (χ4n) is 2.49. The van der Waals surface area contributed by atoms with Crippen molar-refractivity contribution < 1.29 is 4.39 Å². The topological polar surface area (TPSA) is 24.9 Å². The lowest BCUT2D eigenvalue weighted by Crippen LogP contribution is -2.26. The molecular weight excluding hydrogens is 259 g/mol. The van der Waals surface area contributed by atoms with Gasteiger partial charge in [0.25, 0.3) is 0 Å². The first-order valence-corrected chi connectivity index (χ1v) is 7.53. The van der Waals surface area contributed by atoms with Crippen molar-refractivity contribution in [2.24, 2.45) is 0 Å². The van der Waals surface area contributed by atoms with Gasteiger partial charge in [-0.3, -0.25) is 0 Å². The maximum absolute atomic E-state index is 13.6. The van der Waals surface area contributed by atoms with Crippen LogP contribution < -0.4 is 5.32 Å². The van der Waals surface area contributed by atoms with E-state index in [0.717, 1.165) is 36.4 Å². The van der Waals surface area contributed by atoms with Crippen LogP contribution >= 0.6 is 11.3 Å². The number of hydrogen-bond acceptors (Lipinski definition) is 3. The van der Waals surface area contributed by atoms with Crippen LogP contribution in [0, 0.1) is 5.82 Å². The van der Waals surface area contributed by atoms with Crippen LogP contribution in [0.4, 0.5) is 4.39 Å². The van der Waals surface area contributed by atoms with E-state index in [2.05, 4.69) is 10.3 Å². The van der Waals surface area contributed by atoms with Crippen molar-refractivity contribution in [3.8, 4) is 0 Å². The van der Waals surface area contributed by atoms with Crippen LogP contribution in [0.5, 0.6) is 0 Å².